The monoisotopic (exact) mass is 420 g/mol. The number of ether oxygens (including phenoxy) is 5. The third-order valence-electron chi connectivity index (χ3n) is 4.38. The van der Waals surface area contributed by atoms with Gasteiger partial charge in [0.15, 0.2) is 6.29 Å². The van der Waals surface area contributed by atoms with Gasteiger partial charge >= 0.3 is 11.9 Å². The molecule has 2 aliphatic heterocycles. The summed E-state index contributed by atoms with van der Waals surface area (Å²) >= 11 is 0. The second-order valence-corrected chi connectivity index (χ2v) is 6.33. The Labute approximate surface area is 162 Å². The molecule has 3 heterocycles. The molecular formula is C17H19F3N2O7. The maximum Gasteiger partial charge on any atom is 0.423 e. The lowest BCUT2D eigenvalue weighted by Gasteiger charge is -2.25. The predicted octanol–water partition coefficient (Wildman–Crippen LogP) is 0.251. The van der Waals surface area contributed by atoms with Crippen LogP contribution >= 0.6 is 0 Å². The predicted molar refractivity (Wildman–Crippen MR) is 89.9 cm³/mol. The fraction of sp³-hybridized carbons (Fsp3) is 0.647. The minimum absolute atomic E-state index is 0.0238. The highest BCUT2D eigenvalue weighted by molar-refractivity contribution is 5.09. The van der Waals surface area contributed by atoms with Crippen LogP contribution in [0.4, 0.5) is 13.2 Å². The van der Waals surface area contributed by atoms with Gasteiger partial charge in [0.25, 0.3) is 5.56 Å². The lowest BCUT2D eigenvalue weighted by molar-refractivity contribution is -0.225. The number of rotatable bonds is 6. The number of alkyl halides is 3. The van der Waals surface area contributed by atoms with Crippen LogP contribution in [0.2, 0.25) is 0 Å². The van der Waals surface area contributed by atoms with E-state index in [1.165, 1.54) is 0 Å². The fourth-order valence-electron chi connectivity index (χ4n) is 3.02. The molecule has 12 heteroatoms. The standard InChI is InChI=1S/C17H19F3N2O7/c1-2-3-26-11-6-13(29-12(11)8-28-14-9-25-4-5-27-14)22-7-10(17(18,19)20)15(23)21-16(22)24/h1,7,11-14H,3-6,8-9H2,(H,21,23,24)/t11-,12+,13+,14?/m0/s1. The van der Waals surface area contributed by atoms with Crippen molar-refractivity contribution in [1.82, 2.24) is 9.55 Å². The van der Waals surface area contributed by atoms with Crippen molar-refractivity contribution in [2.24, 2.45) is 0 Å². The zero-order chi connectivity index (χ0) is 21.0. The number of H-pyrrole nitrogens is 1. The van der Waals surface area contributed by atoms with Crippen LogP contribution in [-0.4, -0.2) is 61.1 Å². The number of hydrogen-bond donors (Lipinski definition) is 1. The second-order valence-electron chi connectivity index (χ2n) is 6.33. The van der Waals surface area contributed by atoms with Gasteiger partial charge in [-0.3, -0.25) is 14.3 Å². The van der Waals surface area contributed by atoms with Gasteiger partial charge in [-0.05, 0) is 0 Å². The Hall–Kier alpha value is -2.17. The number of nitrogens with zero attached hydrogens (tertiary/aromatic N) is 1. The molecule has 160 valence electrons. The Kier molecular flexibility index (Phi) is 6.76. The molecule has 2 saturated heterocycles. The summed E-state index contributed by atoms with van der Waals surface area (Å²) in [5.74, 6) is 2.30. The SMILES string of the molecule is C#CCO[C@H]1C[C@H](n2cc(C(F)(F)F)c(=O)[nH]c2=O)O[C@@H]1COC1COCCO1. The van der Waals surface area contributed by atoms with Crippen LogP contribution < -0.4 is 11.2 Å². The molecule has 0 amide bonds. The highest BCUT2D eigenvalue weighted by Gasteiger charge is 2.40. The molecule has 2 aliphatic rings. The first kappa shape index (κ1) is 21.5. The average molecular weight is 420 g/mol. The van der Waals surface area contributed by atoms with Crippen molar-refractivity contribution < 1.29 is 36.9 Å². The number of nitrogens with one attached hydrogen (secondary N) is 1. The minimum atomic E-state index is -4.93. The van der Waals surface area contributed by atoms with E-state index >= 15 is 0 Å². The third kappa shape index (κ3) is 5.26. The molecule has 0 aromatic carbocycles. The largest absolute Gasteiger partial charge is 0.423 e. The van der Waals surface area contributed by atoms with E-state index in [9.17, 15) is 22.8 Å². The first-order chi connectivity index (χ1) is 13.8. The van der Waals surface area contributed by atoms with Gasteiger partial charge in [0, 0.05) is 12.6 Å². The molecule has 0 bridgehead atoms. The van der Waals surface area contributed by atoms with Gasteiger partial charge in [-0.15, -0.1) is 6.42 Å². The summed E-state index contributed by atoms with van der Waals surface area (Å²) in [7, 11) is 0. The van der Waals surface area contributed by atoms with Crippen molar-refractivity contribution in [2.45, 2.75) is 37.3 Å². The molecule has 4 atom stereocenters. The van der Waals surface area contributed by atoms with Crippen molar-refractivity contribution in [2.75, 3.05) is 33.0 Å². The van der Waals surface area contributed by atoms with E-state index in [0.717, 1.165) is 0 Å². The minimum Gasteiger partial charge on any atom is -0.374 e. The summed E-state index contributed by atoms with van der Waals surface area (Å²) in [6.07, 6.45) is -2.37. The number of halogens is 3. The van der Waals surface area contributed by atoms with Crippen molar-refractivity contribution in [1.29, 1.82) is 0 Å². The van der Waals surface area contributed by atoms with Crippen LogP contribution in [0.5, 0.6) is 0 Å². The van der Waals surface area contributed by atoms with E-state index in [1.54, 1.807) is 4.98 Å². The Morgan fingerprint density at radius 2 is 2.10 bits per heavy atom. The lowest BCUT2D eigenvalue weighted by Crippen LogP contribution is -2.37. The molecule has 1 N–H and O–H groups in total. The molecule has 9 nitrogen and oxygen atoms in total. The van der Waals surface area contributed by atoms with Gasteiger partial charge in [-0.25, -0.2) is 4.79 Å². The van der Waals surface area contributed by atoms with Gasteiger partial charge in [-0.2, -0.15) is 13.2 Å². The Balaban J connectivity index is 1.77. The molecule has 29 heavy (non-hydrogen) atoms. The molecular weight excluding hydrogens is 401 g/mol. The Bertz CT molecular complexity index is 854. The molecule has 3 rings (SSSR count). The molecule has 1 aromatic rings. The summed E-state index contributed by atoms with van der Waals surface area (Å²) < 4.78 is 67.1. The number of hydrogen-bond acceptors (Lipinski definition) is 7. The first-order valence-corrected chi connectivity index (χ1v) is 8.73. The molecule has 0 saturated carbocycles. The van der Waals surface area contributed by atoms with Crippen molar-refractivity contribution in [3.05, 3.63) is 32.6 Å². The average Bonchev–Trinajstić information content (AvgIpc) is 3.07. The highest BCUT2D eigenvalue weighted by atomic mass is 19.4. The Morgan fingerprint density at radius 1 is 1.31 bits per heavy atom. The Morgan fingerprint density at radius 3 is 2.76 bits per heavy atom. The summed E-state index contributed by atoms with van der Waals surface area (Å²) in [6.45, 7) is 0.953. The number of aromatic amines is 1. The van der Waals surface area contributed by atoms with Gasteiger partial charge in [0.1, 0.15) is 24.5 Å². The fourth-order valence-corrected chi connectivity index (χ4v) is 3.02. The normalized spacial score (nSPS) is 27.7. The van der Waals surface area contributed by atoms with Crippen LogP contribution in [0.3, 0.4) is 0 Å². The third-order valence-corrected chi connectivity index (χ3v) is 4.38. The van der Waals surface area contributed by atoms with Gasteiger partial charge < -0.3 is 23.7 Å². The van der Waals surface area contributed by atoms with Crippen LogP contribution in [0.15, 0.2) is 15.8 Å². The summed E-state index contributed by atoms with van der Waals surface area (Å²) in [5, 5.41) is 0. The lowest BCUT2D eigenvalue weighted by atomic mass is 10.2. The molecule has 0 radical (unpaired) electrons. The van der Waals surface area contributed by atoms with Crippen LogP contribution in [-0.2, 0) is 29.9 Å². The van der Waals surface area contributed by atoms with Crippen molar-refractivity contribution in [3.63, 3.8) is 0 Å². The van der Waals surface area contributed by atoms with Crippen LogP contribution in [0.25, 0.3) is 0 Å². The molecule has 1 aromatic heterocycles. The second kappa shape index (κ2) is 9.10. The van der Waals surface area contributed by atoms with Crippen molar-refractivity contribution >= 4 is 0 Å². The molecule has 0 aliphatic carbocycles. The maximum absolute atomic E-state index is 13.0. The number of aromatic nitrogens is 2. The quantitative estimate of drug-likeness (QED) is 0.659. The van der Waals surface area contributed by atoms with E-state index in [-0.39, 0.29) is 26.2 Å². The smallest absolute Gasteiger partial charge is 0.374 e. The summed E-state index contributed by atoms with van der Waals surface area (Å²) in [4.78, 5) is 25.2. The van der Waals surface area contributed by atoms with Gasteiger partial charge in [0.2, 0.25) is 0 Å². The maximum atomic E-state index is 13.0. The van der Waals surface area contributed by atoms with Crippen molar-refractivity contribution in [3.8, 4) is 12.3 Å². The molecule has 0 spiro atoms. The molecule has 1 unspecified atom stereocenters. The summed E-state index contributed by atoms with van der Waals surface area (Å²) in [6, 6.07) is 0. The first-order valence-electron chi connectivity index (χ1n) is 8.73. The zero-order valence-corrected chi connectivity index (χ0v) is 15.1. The van der Waals surface area contributed by atoms with Gasteiger partial charge in [-0.1, -0.05) is 5.92 Å². The van der Waals surface area contributed by atoms with Crippen LogP contribution in [0, 0.1) is 12.3 Å². The van der Waals surface area contributed by atoms with Gasteiger partial charge in [0.05, 0.1) is 32.5 Å². The highest BCUT2D eigenvalue weighted by Crippen LogP contribution is 2.32. The number of terminal acetylenes is 1. The van der Waals surface area contributed by atoms with E-state index < -0.39 is 47.7 Å². The van der Waals surface area contributed by atoms with Crippen LogP contribution in [0.1, 0.15) is 18.2 Å². The topological polar surface area (TPSA) is 101 Å². The molecule has 2 fully saturated rings. The van der Waals surface area contributed by atoms with E-state index in [2.05, 4.69) is 5.92 Å². The van der Waals surface area contributed by atoms with E-state index in [0.29, 0.717) is 24.0 Å². The summed E-state index contributed by atoms with van der Waals surface area (Å²) in [5.41, 5.74) is -4.06. The zero-order valence-electron chi connectivity index (χ0n) is 15.1. The van der Waals surface area contributed by atoms with E-state index in [1.807, 2.05) is 0 Å². The van der Waals surface area contributed by atoms with E-state index in [4.69, 9.17) is 30.1 Å².